The van der Waals surface area contributed by atoms with Crippen LogP contribution in [0.15, 0.2) is 29.6 Å². The summed E-state index contributed by atoms with van der Waals surface area (Å²) in [7, 11) is 0. The Hall–Kier alpha value is -1.86. The summed E-state index contributed by atoms with van der Waals surface area (Å²) in [6, 6.07) is 1.40. The lowest BCUT2D eigenvalue weighted by Gasteiger charge is -2.17. The number of ether oxygens (including phenoxy) is 1. The molecule has 1 heterocycles. The van der Waals surface area contributed by atoms with Crippen LogP contribution in [0.4, 0.5) is 8.78 Å². The van der Waals surface area contributed by atoms with Crippen molar-refractivity contribution in [1.82, 2.24) is 4.98 Å². The second-order valence-corrected chi connectivity index (χ2v) is 5.77. The molecule has 0 fully saturated rings. The number of alkyl halides is 2. The van der Waals surface area contributed by atoms with Gasteiger partial charge >= 0.3 is 6.61 Å². The van der Waals surface area contributed by atoms with Crippen LogP contribution in [0.3, 0.4) is 0 Å². The number of nitrogens with zero attached hydrogens (tertiary/aromatic N) is 2. The summed E-state index contributed by atoms with van der Waals surface area (Å²) in [5, 5.41) is 12.0. The van der Waals surface area contributed by atoms with E-state index in [0.29, 0.717) is 10.6 Å². The van der Waals surface area contributed by atoms with Crippen LogP contribution >= 0.6 is 11.6 Å². The maximum absolute atomic E-state index is 12.8. The zero-order valence-electron chi connectivity index (χ0n) is 14.8. The quantitative estimate of drug-likeness (QED) is 0.472. The van der Waals surface area contributed by atoms with Crippen LogP contribution in [0.25, 0.3) is 5.57 Å². The van der Waals surface area contributed by atoms with Gasteiger partial charge in [-0.1, -0.05) is 23.3 Å². The second kappa shape index (κ2) is 5.65. The number of fused-ring (bicyclic) bond motifs is 2. The fourth-order valence-corrected chi connectivity index (χ4v) is 3.26. The first-order chi connectivity index (χ1) is 12.0. The van der Waals surface area contributed by atoms with E-state index >= 15 is 0 Å². The third-order valence-electron chi connectivity index (χ3n) is 4.05. The molecule has 0 aromatic carbocycles. The molecule has 2 aliphatic rings. The van der Waals surface area contributed by atoms with Gasteiger partial charge in [0.2, 0.25) is 0 Å². The minimum Gasteiger partial charge on any atom is -0.317 e. The van der Waals surface area contributed by atoms with Crippen molar-refractivity contribution >= 4 is 17.2 Å². The normalized spacial score (nSPS) is 28.7. The van der Waals surface area contributed by atoms with Gasteiger partial charge in [0.05, 0.1) is 28.2 Å². The maximum atomic E-state index is 12.8. The number of aryl methyl sites for hydroxylation is 1. The molecule has 1 aromatic heterocycles. The van der Waals surface area contributed by atoms with Crippen molar-refractivity contribution in [3.63, 3.8) is 0 Å². The molecule has 0 saturated heterocycles. The first-order valence-corrected chi connectivity index (χ1v) is 7.07. The van der Waals surface area contributed by atoms with Gasteiger partial charge < -0.3 is 4.74 Å². The molecule has 1 unspecified atom stereocenters. The molecule has 8 heteroatoms. The standard InChI is InChI=1S/C15H13ClF2N2O3/c1-6-3-8-12(10-4-9(16)7(2)5-19-10)13(20(21)22)11(6)14(8)23-15(17)18/h3-5,8,11,14-15H,1-2H3/t8-,11+,14?/m0/s1/i1D3. The number of aromatic nitrogens is 1. The number of nitro groups is 1. The number of rotatable bonds is 4. The summed E-state index contributed by atoms with van der Waals surface area (Å²) in [5.41, 5.74) is 0.0912. The van der Waals surface area contributed by atoms with Gasteiger partial charge in [0.25, 0.3) is 5.70 Å². The summed E-state index contributed by atoms with van der Waals surface area (Å²) in [6.45, 7) is -4.16. The van der Waals surface area contributed by atoms with Gasteiger partial charge in [-0.3, -0.25) is 15.1 Å². The van der Waals surface area contributed by atoms with Crippen molar-refractivity contribution < 1.29 is 22.6 Å². The van der Waals surface area contributed by atoms with E-state index < -0.39 is 42.0 Å². The number of hydrogen-bond acceptors (Lipinski definition) is 4. The third kappa shape index (κ3) is 2.53. The van der Waals surface area contributed by atoms with Crippen LogP contribution in [0.1, 0.15) is 22.2 Å². The Labute approximate surface area is 140 Å². The number of halogens is 3. The average Bonchev–Trinajstić information content (AvgIpc) is 3.01. The third-order valence-corrected chi connectivity index (χ3v) is 4.46. The first-order valence-electron chi connectivity index (χ1n) is 8.19. The van der Waals surface area contributed by atoms with E-state index in [1.165, 1.54) is 18.3 Å². The Kier molecular flexibility index (Phi) is 3.08. The lowest BCUT2D eigenvalue weighted by atomic mass is 9.94. The minimum absolute atomic E-state index is 0.0561. The largest absolute Gasteiger partial charge is 0.345 e. The summed E-state index contributed by atoms with van der Waals surface area (Å²) in [5.74, 6) is -2.41. The second-order valence-electron chi connectivity index (χ2n) is 5.36. The number of pyridine rings is 1. The average molecular weight is 346 g/mol. The van der Waals surface area contributed by atoms with Crippen LogP contribution in [-0.4, -0.2) is 22.6 Å². The van der Waals surface area contributed by atoms with Gasteiger partial charge in [-0.2, -0.15) is 8.78 Å². The smallest absolute Gasteiger partial charge is 0.317 e. The van der Waals surface area contributed by atoms with Crippen LogP contribution in [-0.2, 0) is 4.74 Å². The molecule has 1 aromatic rings. The molecule has 0 aliphatic heterocycles. The van der Waals surface area contributed by atoms with Gasteiger partial charge in [0, 0.05) is 21.2 Å². The summed E-state index contributed by atoms with van der Waals surface area (Å²) in [6.07, 6.45) is 1.29. The molecule has 3 rings (SSSR count). The van der Waals surface area contributed by atoms with Crippen molar-refractivity contribution in [1.29, 1.82) is 0 Å². The SMILES string of the molecule is [2H]C([2H])([2H])C1=C[C@H]2C(c3cc(Cl)c(C)cn3)=C([N+](=O)[O-])[C@@H]1C2OC(F)F. The van der Waals surface area contributed by atoms with Crippen LogP contribution in [0.2, 0.25) is 5.02 Å². The van der Waals surface area contributed by atoms with Gasteiger partial charge in [-0.25, -0.2) is 0 Å². The molecular formula is C15H13ClF2N2O3. The van der Waals surface area contributed by atoms with Crippen LogP contribution in [0.5, 0.6) is 0 Å². The van der Waals surface area contributed by atoms with E-state index in [1.54, 1.807) is 6.92 Å². The van der Waals surface area contributed by atoms with Gasteiger partial charge in [-0.05, 0) is 25.4 Å². The van der Waals surface area contributed by atoms with Crippen LogP contribution < -0.4 is 0 Å². The lowest BCUT2D eigenvalue weighted by molar-refractivity contribution is -0.432. The monoisotopic (exact) mass is 345 g/mol. The van der Waals surface area contributed by atoms with Crippen molar-refractivity contribution in [2.75, 3.05) is 0 Å². The van der Waals surface area contributed by atoms with Crippen molar-refractivity contribution in [3.05, 3.63) is 56.0 Å². The Morgan fingerprint density at radius 2 is 2.30 bits per heavy atom. The molecule has 2 aliphatic carbocycles. The molecule has 0 amide bonds. The van der Waals surface area contributed by atoms with Gasteiger partial charge in [-0.15, -0.1) is 0 Å². The zero-order chi connectivity index (χ0) is 19.4. The molecular weight excluding hydrogens is 330 g/mol. The fraction of sp³-hybridized carbons (Fsp3) is 0.400. The van der Waals surface area contributed by atoms with Crippen molar-refractivity contribution in [2.45, 2.75) is 26.5 Å². The summed E-state index contributed by atoms with van der Waals surface area (Å²) in [4.78, 5) is 15.0. The zero-order valence-corrected chi connectivity index (χ0v) is 12.6. The summed E-state index contributed by atoms with van der Waals surface area (Å²) >= 11 is 6.05. The van der Waals surface area contributed by atoms with Crippen molar-refractivity contribution in [3.8, 4) is 0 Å². The predicted octanol–water partition coefficient (Wildman–Crippen LogP) is 3.84. The minimum atomic E-state index is -3.20. The Balaban J connectivity index is 2.16. The molecule has 0 N–H and O–H groups in total. The Morgan fingerprint density at radius 3 is 2.87 bits per heavy atom. The highest BCUT2D eigenvalue weighted by molar-refractivity contribution is 6.31. The predicted molar refractivity (Wildman–Crippen MR) is 79.5 cm³/mol. The van der Waals surface area contributed by atoms with E-state index in [-0.39, 0.29) is 16.8 Å². The molecule has 5 nitrogen and oxygen atoms in total. The number of hydrogen-bond donors (Lipinski definition) is 0. The van der Waals surface area contributed by atoms with E-state index in [0.717, 1.165) is 0 Å². The molecule has 0 spiro atoms. The highest BCUT2D eigenvalue weighted by Gasteiger charge is 2.55. The maximum Gasteiger partial charge on any atom is 0.345 e. The first kappa shape index (κ1) is 12.5. The van der Waals surface area contributed by atoms with E-state index in [2.05, 4.69) is 9.72 Å². The van der Waals surface area contributed by atoms with E-state index in [9.17, 15) is 18.9 Å². The molecule has 3 atom stereocenters. The molecule has 122 valence electrons. The Bertz CT molecular complexity index is 842. The van der Waals surface area contributed by atoms with E-state index in [1.807, 2.05) is 0 Å². The van der Waals surface area contributed by atoms with Crippen LogP contribution in [0, 0.1) is 28.9 Å². The lowest BCUT2D eigenvalue weighted by Crippen LogP contribution is -2.26. The molecule has 0 radical (unpaired) electrons. The Morgan fingerprint density at radius 1 is 1.57 bits per heavy atom. The van der Waals surface area contributed by atoms with Gasteiger partial charge in [0.15, 0.2) is 0 Å². The molecule has 0 saturated carbocycles. The fourth-order valence-electron chi connectivity index (χ4n) is 3.11. The van der Waals surface area contributed by atoms with Crippen molar-refractivity contribution in [2.24, 2.45) is 11.8 Å². The highest BCUT2D eigenvalue weighted by Crippen LogP contribution is 2.53. The van der Waals surface area contributed by atoms with E-state index in [4.69, 9.17) is 15.7 Å². The summed E-state index contributed by atoms with van der Waals surface area (Å²) < 4.78 is 52.9. The highest BCUT2D eigenvalue weighted by atomic mass is 35.5. The van der Waals surface area contributed by atoms with Gasteiger partial charge in [0.1, 0.15) is 0 Å². The topological polar surface area (TPSA) is 65.3 Å². The molecule has 2 bridgehead atoms. The molecule has 23 heavy (non-hydrogen) atoms.